The third kappa shape index (κ3) is 2.93. The minimum atomic E-state index is -0.207. The second-order valence-electron chi connectivity index (χ2n) is 5.60. The third-order valence-corrected chi connectivity index (χ3v) is 3.92. The standard InChI is InChI=1S/C16H21N3O2/c1-3-20-13-8-6-7-12(11-13)14-18-15(21-19-14)16(2)9-4-5-10-17-16/h6-8,11,17H,3-5,9-10H2,1-2H3. The van der Waals surface area contributed by atoms with Crippen molar-refractivity contribution in [2.24, 2.45) is 0 Å². The van der Waals surface area contributed by atoms with E-state index in [0.717, 1.165) is 24.3 Å². The Kier molecular flexibility index (Phi) is 3.92. The van der Waals surface area contributed by atoms with Crippen molar-refractivity contribution in [3.05, 3.63) is 30.2 Å². The van der Waals surface area contributed by atoms with Crippen LogP contribution < -0.4 is 10.1 Å². The quantitative estimate of drug-likeness (QED) is 0.936. The molecule has 0 bridgehead atoms. The minimum Gasteiger partial charge on any atom is -0.494 e. The predicted molar refractivity (Wildman–Crippen MR) is 80.1 cm³/mol. The number of piperidine rings is 1. The molecule has 1 fully saturated rings. The molecule has 1 aromatic carbocycles. The Morgan fingerprint density at radius 2 is 2.29 bits per heavy atom. The van der Waals surface area contributed by atoms with Crippen molar-refractivity contribution < 1.29 is 9.26 Å². The number of nitrogens with zero attached hydrogens (tertiary/aromatic N) is 2. The van der Waals surface area contributed by atoms with Crippen LogP contribution in [-0.2, 0) is 5.54 Å². The Labute approximate surface area is 124 Å². The van der Waals surface area contributed by atoms with Crippen LogP contribution in [0.3, 0.4) is 0 Å². The summed E-state index contributed by atoms with van der Waals surface area (Å²) in [6, 6.07) is 7.78. The molecule has 1 unspecified atom stereocenters. The Morgan fingerprint density at radius 1 is 1.38 bits per heavy atom. The summed E-state index contributed by atoms with van der Waals surface area (Å²) in [6.07, 6.45) is 3.40. The molecular formula is C16H21N3O2. The van der Waals surface area contributed by atoms with Crippen LogP contribution in [0.15, 0.2) is 28.8 Å². The van der Waals surface area contributed by atoms with Gasteiger partial charge in [0.1, 0.15) is 5.75 Å². The van der Waals surface area contributed by atoms with E-state index < -0.39 is 0 Å². The predicted octanol–water partition coefficient (Wildman–Crippen LogP) is 3.12. The second kappa shape index (κ2) is 5.85. The number of benzene rings is 1. The lowest BCUT2D eigenvalue weighted by Crippen LogP contribution is -2.43. The summed E-state index contributed by atoms with van der Waals surface area (Å²) in [5, 5.41) is 7.61. The topological polar surface area (TPSA) is 60.2 Å². The third-order valence-electron chi connectivity index (χ3n) is 3.92. The van der Waals surface area contributed by atoms with Crippen LogP contribution in [0.4, 0.5) is 0 Å². The zero-order valence-electron chi connectivity index (χ0n) is 12.6. The molecule has 5 nitrogen and oxygen atoms in total. The summed E-state index contributed by atoms with van der Waals surface area (Å²) in [4.78, 5) is 4.58. The van der Waals surface area contributed by atoms with Gasteiger partial charge in [-0.1, -0.05) is 17.3 Å². The lowest BCUT2D eigenvalue weighted by atomic mass is 9.91. The van der Waals surface area contributed by atoms with Gasteiger partial charge in [-0.05, 0) is 51.8 Å². The highest BCUT2D eigenvalue weighted by atomic mass is 16.5. The smallest absolute Gasteiger partial charge is 0.246 e. The number of rotatable bonds is 4. The van der Waals surface area contributed by atoms with E-state index in [1.807, 2.05) is 31.2 Å². The lowest BCUT2D eigenvalue weighted by Gasteiger charge is -2.31. The molecule has 1 atom stereocenters. The Balaban J connectivity index is 1.86. The van der Waals surface area contributed by atoms with Crippen LogP contribution in [0, 0.1) is 0 Å². The number of ether oxygens (including phenoxy) is 1. The fourth-order valence-electron chi connectivity index (χ4n) is 2.70. The average molecular weight is 287 g/mol. The van der Waals surface area contributed by atoms with Gasteiger partial charge in [0.2, 0.25) is 11.7 Å². The number of nitrogens with one attached hydrogen (secondary N) is 1. The van der Waals surface area contributed by atoms with Crippen molar-refractivity contribution in [1.29, 1.82) is 0 Å². The van der Waals surface area contributed by atoms with Gasteiger partial charge < -0.3 is 14.6 Å². The van der Waals surface area contributed by atoms with Crippen LogP contribution in [0.1, 0.15) is 39.0 Å². The first-order chi connectivity index (χ1) is 10.2. The highest BCUT2D eigenvalue weighted by Crippen LogP contribution is 2.30. The summed E-state index contributed by atoms with van der Waals surface area (Å²) in [5.74, 6) is 2.10. The van der Waals surface area contributed by atoms with E-state index in [1.54, 1.807) is 0 Å². The van der Waals surface area contributed by atoms with Gasteiger partial charge in [-0.25, -0.2) is 0 Å². The Bertz CT molecular complexity index is 603. The molecule has 0 amide bonds. The summed E-state index contributed by atoms with van der Waals surface area (Å²) >= 11 is 0. The molecule has 1 aromatic heterocycles. The van der Waals surface area contributed by atoms with Crippen molar-refractivity contribution in [1.82, 2.24) is 15.5 Å². The van der Waals surface area contributed by atoms with E-state index in [2.05, 4.69) is 22.4 Å². The molecule has 1 N–H and O–H groups in total. The molecule has 21 heavy (non-hydrogen) atoms. The normalized spacial score (nSPS) is 22.2. The number of hydrogen-bond acceptors (Lipinski definition) is 5. The molecule has 0 saturated carbocycles. The first-order valence-electron chi connectivity index (χ1n) is 7.54. The number of hydrogen-bond donors (Lipinski definition) is 1. The molecule has 1 aliphatic heterocycles. The average Bonchev–Trinajstić information content (AvgIpc) is 2.99. The van der Waals surface area contributed by atoms with Crippen LogP contribution in [0.5, 0.6) is 5.75 Å². The largest absolute Gasteiger partial charge is 0.494 e. The van der Waals surface area contributed by atoms with Crippen molar-refractivity contribution in [3.63, 3.8) is 0 Å². The fourth-order valence-corrected chi connectivity index (χ4v) is 2.70. The second-order valence-corrected chi connectivity index (χ2v) is 5.60. The molecular weight excluding hydrogens is 266 g/mol. The van der Waals surface area contributed by atoms with E-state index in [-0.39, 0.29) is 5.54 Å². The molecule has 2 heterocycles. The first-order valence-corrected chi connectivity index (χ1v) is 7.54. The first kappa shape index (κ1) is 14.1. The molecule has 1 saturated heterocycles. The SMILES string of the molecule is CCOc1cccc(-c2noc(C3(C)CCCCN3)n2)c1. The molecule has 3 rings (SSSR count). The van der Waals surface area contributed by atoms with E-state index in [4.69, 9.17) is 9.26 Å². The maximum absolute atomic E-state index is 5.51. The Morgan fingerprint density at radius 3 is 3.05 bits per heavy atom. The van der Waals surface area contributed by atoms with E-state index in [0.29, 0.717) is 18.3 Å². The highest BCUT2D eigenvalue weighted by molar-refractivity contribution is 5.56. The van der Waals surface area contributed by atoms with Gasteiger partial charge in [0.25, 0.3) is 0 Å². The van der Waals surface area contributed by atoms with Crippen LogP contribution in [0.25, 0.3) is 11.4 Å². The summed E-state index contributed by atoms with van der Waals surface area (Å²) in [5.41, 5.74) is 0.705. The Hall–Kier alpha value is -1.88. The van der Waals surface area contributed by atoms with Gasteiger partial charge >= 0.3 is 0 Å². The van der Waals surface area contributed by atoms with Crippen LogP contribution >= 0.6 is 0 Å². The van der Waals surface area contributed by atoms with Crippen molar-refractivity contribution in [2.45, 2.75) is 38.6 Å². The maximum Gasteiger partial charge on any atom is 0.246 e. The summed E-state index contributed by atoms with van der Waals surface area (Å²) in [7, 11) is 0. The van der Waals surface area contributed by atoms with Crippen LogP contribution in [-0.4, -0.2) is 23.3 Å². The van der Waals surface area contributed by atoms with Crippen molar-refractivity contribution in [2.75, 3.05) is 13.2 Å². The zero-order valence-corrected chi connectivity index (χ0v) is 12.6. The summed E-state index contributed by atoms with van der Waals surface area (Å²) in [6.45, 7) is 5.73. The van der Waals surface area contributed by atoms with E-state index >= 15 is 0 Å². The van der Waals surface area contributed by atoms with E-state index in [1.165, 1.54) is 12.8 Å². The minimum absolute atomic E-state index is 0.207. The molecule has 0 radical (unpaired) electrons. The van der Waals surface area contributed by atoms with Crippen LogP contribution in [0.2, 0.25) is 0 Å². The number of aromatic nitrogens is 2. The highest BCUT2D eigenvalue weighted by Gasteiger charge is 2.34. The molecule has 1 aliphatic rings. The van der Waals surface area contributed by atoms with Gasteiger partial charge in [-0.2, -0.15) is 4.98 Å². The lowest BCUT2D eigenvalue weighted by molar-refractivity contribution is 0.207. The summed E-state index contributed by atoms with van der Waals surface area (Å²) < 4.78 is 11.0. The molecule has 0 spiro atoms. The van der Waals surface area contributed by atoms with Gasteiger partial charge in [0.15, 0.2) is 0 Å². The van der Waals surface area contributed by atoms with E-state index in [9.17, 15) is 0 Å². The fraction of sp³-hybridized carbons (Fsp3) is 0.500. The van der Waals surface area contributed by atoms with Gasteiger partial charge in [-0.3, -0.25) is 0 Å². The molecule has 112 valence electrons. The van der Waals surface area contributed by atoms with Gasteiger partial charge in [-0.15, -0.1) is 0 Å². The monoisotopic (exact) mass is 287 g/mol. The van der Waals surface area contributed by atoms with Gasteiger partial charge in [0, 0.05) is 5.56 Å². The molecule has 2 aromatic rings. The van der Waals surface area contributed by atoms with Crippen molar-refractivity contribution >= 4 is 0 Å². The van der Waals surface area contributed by atoms with Crippen molar-refractivity contribution in [3.8, 4) is 17.1 Å². The zero-order chi connectivity index (χ0) is 14.7. The molecule has 5 heteroatoms. The maximum atomic E-state index is 5.51. The molecule has 0 aliphatic carbocycles. The van der Waals surface area contributed by atoms with Gasteiger partial charge in [0.05, 0.1) is 12.1 Å².